The highest BCUT2D eigenvalue weighted by molar-refractivity contribution is 7.16. The largest absolute Gasteiger partial charge is 0.459 e. The SMILES string of the molecule is Cc1cccc(NC(c2ccccc2)c2c(NC(=O)c3ccco3)sc(C)c2C)n1. The predicted molar refractivity (Wildman–Crippen MR) is 121 cm³/mol. The molecule has 4 aromatic rings. The molecule has 3 heterocycles. The van der Waals surface area contributed by atoms with Crippen LogP contribution in [-0.2, 0) is 0 Å². The summed E-state index contributed by atoms with van der Waals surface area (Å²) in [7, 11) is 0. The molecule has 0 bridgehead atoms. The number of hydrogen-bond acceptors (Lipinski definition) is 5. The molecule has 1 amide bonds. The van der Waals surface area contributed by atoms with Crippen LogP contribution in [0.15, 0.2) is 71.3 Å². The van der Waals surface area contributed by atoms with Crippen molar-refractivity contribution < 1.29 is 9.21 Å². The molecule has 152 valence electrons. The van der Waals surface area contributed by atoms with Gasteiger partial charge in [-0.1, -0.05) is 36.4 Å². The molecule has 0 saturated carbocycles. The van der Waals surface area contributed by atoms with E-state index in [0.29, 0.717) is 0 Å². The quantitative estimate of drug-likeness (QED) is 0.397. The molecular formula is C24H23N3O2S. The number of amides is 1. The van der Waals surface area contributed by atoms with Gasteiger partial charge in [-0.2, -0.15) is 0 Å². The van der Waals surface area contributed by atoms with Crippen LogP contribution in [0.3, 0.4) is 0 Å². The third-order valence-electron chi connectivity index (χ3n) is 5.01. The van der Waals surface area contributed by atoms with Crippen LogP contribution in [-0.4, -0.2) is 10.9 Å². The van der Waals surface area contributed by atoms with Crippen LogP contribution in [0, 0.1) is 20.8 Å². The second-order valence-corrected chi connectivity index (χ2v) is 8.33. The van der Waals surface area contributed by atoms with E-state index in [1.54, 1.807) is 23.5 Å². The minimum Gasteiger partial charge on any atom is -0.459 e. The normalized spacial score (nSPS) is 11.8. The second-order valence-electron chi connectivity index (χ2n) is 7.11. The molecule has 1 atom stereocenters. The standard InChI is InChI=1S/C24H23N3O2S/c1-15-9-7-13-20(25-15)26-22(18-10-5-4-6-11-18)21-16(2)17(3)30-24(21)27-23(28)19-12-8-14-29-19/h4-14,22H,1-3H3,(H,25,26)(H,27,28). The maximum absolute atomic E-state index is 12.7. The summed E-state index contributed by atoms with van der Waals surface area (Å²) in [5, 5.41) is 7.43. The number of furan rings is 1. The van der Waals surface area contributed by atoms with Crippen molar-refractivity contribution in [2.45, 2.75) is 26.8 Å². The van der Waals surface area contributed by atoms with Crippen LogP contribution in [0.1, 0.15) is 43.9 Å². The molecule has 0 spiro atoms. The van der Waals surface area contributed by atoms with Crippen LogP contribution in [0.5, 0.6) is 0 Å². The Hall–Kier alpha value is -3.38. The Morgan fingerprint density at radius 2 is 1.80 bits per heavy atom. The van der Waals surface area contributed by atoms with Crippen molar-refractivity contribution in [2.24, 2.45) is 0 Å². The molecule has 2 N–H and O–H groups in total. The summed E-state index contributed by atoms with van der Waals surface area (Å²) >= 11 is 1.57. The van der Waals surface area contributed by atoms with Gasteiger partial charge in [0, 0.05) is 16.1 Å². The van der Waals surface area contributed by atoms with Gasteiger partial charge < -0.3 is 15.1 Å². The van der Waals surface area contributed by atoms with Crippen molar-refractivity contribution in [3.05, 3.63) is 99.9 Å². The molecule has 0 radical (unpaired) electrons. The fourth-order valence-corrected chi connectivity index (χ4v) is 4.49. The van der Waals surface area contributed by atoms with Gasteiger partial charge >= 0.3 is 0 Å². The maximum Gasteiger partial charge on any atom is 0.291 e. The van der Waals surface area contributed by atoms with Gasteiger partial charge in [0.25, 0.3) is 5.91 Å². The van der Waals surface area contributed by atoms with Gasteiger partial charge in [0.2, 0.25) is 0 Å². The summed E-state index contributed by atoms with van der Waals surface area (Å²) in [5.41, 5.74) is 4.21. The highest BCUT2D eigenvalue weighted by Crippen LogP contribution is 2.41. The molecule has 0 aliphatic heterocycles. The van der Waals surface area contributed by atoms with Gasteiger partial charge in [-0.05, 0) is 56.2 Å². The van der Waals surface area contributed by atoms with E-state index in [2.05, 4.69) is 41.6 Å². The van der Waals surface area contributed by atoms with Gasteiger partial charge in [-0.25, -0.2) is 4.98 Å². The monoisotopic (exact) mass is 417 g/mol. The number of hydrogen-bond donors (Lipinski definition) is 2. The number of thiophene rings is 1. The van der Waals surface area contributed by atoms with E-state index in [0.717, 1.165) is 38.1 Å². The molecule has 5 nitrogen and oxygen atoms in total. The van der Waals surface area contributed by atoms with E-state index in [1.807, 2.05) is 43.3 Å². The topological polar surface area (TPSA) is 67.2 Å². The Balaban J connectivity index is 1.77. The third-order valence-corrected chi connectivity index (χ3v) is 6.14. The minimum atomic E-state index is -0.261. The number of anilines is 2. The minimum absolute atomic E-state index is 0.169. The van der Waals surface area contributed by atoms with Crippen LogP contribution in [0.25, 0.3) is 0 Å². The van der Waals surface area contributed by atoms with Crippen molar-refractivity contribution in [1.29, 1.82) is 0 Å². The first-order valence-electron chi connectivity index (χ1n) is 9.73. The summed E-state index contributed by atoms with van der Waals surface area (Å²) in [4.78, 5) is 18.5. The molecular weight excluding hydrogens is 394 g/mol. The number of pyridine rings is 1. The first-order valence-corrected chi connectivity index (χ1v) is 10.5. The zero-order chi connectivity index (χ0) is 21.1. The lowest BCUT2D eigenvalue weighted by atomic mass is 9.96. The number of benzene rings is 1. The summed E-state index contributed by atoms with van der Waals surface area (Å²) in [5.74, 6) is 0.813. The van der Waals surface area contributed by atoms with E-state index in [1.165, 1.54) is 6.26 Å². The Morgan fingerprint density at radius 3 is 2.50 bits per heavy atom. The van der Waals surface area contributed by atoms with E-state index >= 15 is 0 Å². The summed E-state index contributed by atoms with van der Waals surface area (Å²) in [6, 6.07) is 19.3. The highest BCUT2D eigenvalue weighted by atomic mass is 32.1. The average molecular weight is 418 g/mol. The lowest BCUT2D eigenvalue weighted by Crippen LogP contribution is -2.17. The van der Waals surface area contributed by atoms with Crippen LogP contribution < -0.4 is 10.6 Å². The molecule has 30 heavy (non-hydrogen) atoms. The molecule has 3 aromatic heterocycles. The molecule has 6 heteroatoms. The number of nitrogens with zero attached hydrogens (tertiary/aromatic N) is 1. The van der Waals surface area contributed by atoms with E-state index < -0.39 is 0 Å². The van der Waals surface area contributed by atoms with Crippen LogP contribution in [0.2, 0.25) is 0 Å². The number of rotatable bonds is 6. The summed E-state index contributed by atoms with van der Waals surface area (Å²) < 4.78 is 5.27. The summed E-state index contributed by atoms with van der Waals surface area (Å²) in [6.07, 6.45) is 1.50. The lowest BCUT2D eigenvalue weighted by Gasteiger charge is -2.22. The Labute approximate surface area is 179 Å². The lowest BCUT2D eigenvalue weighted by molar-refractivity contribution is 0.0997. The van der Waals surface area contributed by atoms with Crippen molar-refractivity contribution in [1.82, 2.24) is 4.98 Å². The molecule has 1 aromatic carbocycles. The van der Waals surface area contributed by atoms with Gasteiger partial charge in [-0.15, -0.1) is 11.3 Å². The van der Waals surface area contributed by atoms with Crippen molar-refractivity contribution in [3.8, 4) is 0 Å². The molecule has 4 rings (SSSR count). The van der Waals surface area contributed by atoms with Gasteiger partial charge in [0.15, 0.2) is 5.76 Å². The fraction of sp³-hybridized carbons (Fsp3) is 0.167. The smallest absolute Gasteiger partial charge is 0.291 e. The molecule has 0 aliphatic carbocycles. The Morgan fingerprint density at radius 1 is 1.00 bits per heavy atom. The van der Waals surface area contributed by atoms with Crippen LogP contribution >= 0.6 is 11.3 Å². The Kier molecular flexibility index (Phi) is 5.68. The highest BCUT2D eigenvalue weighted by Gasteiger charge is 2.25. The average Bonchev–Trinajstić information content (AvgIpc) is 3.37. The van der Waals surface area contributed by atoms with Crippen molar-refractivity contribution >= 4 is 28.1 Å². The number of aromatic nitrogens is 1. The maximum atomic E-state index is 12.7. The van der Waals surface area contributed by atoms with Crippen LogP contribution in [0.4, 0.5) is 10.8 Å². The second kappa shape index (κ2) is 8.55. The van der Waals surface area contributed by atoms with Crippen molar-refractivity contribution in [3.63, 3.8) is 0 Å². The third kappa shape index (κ3) is 4.14. The van der Waals surface area contributed by atoms with E-state index in [-0.39, 0.29) is 17.7 Å². The first-order chi connectivity index (χ1) is 14.5. The van der Waals surface area contributed by atoms with Crippen molar-refractivity contribution in [2.75, 3.05) is 10.6 Å². The number of carbonyl (C=O) groups is 1. The van der Waals surface area contributed by atoms with E-state index in [4.69, 9.17) is 4.42 Å². The van der Waals surface area contributed by atoms with Gasteiger partial charge in [0.1, 0.15) is 10.8 Å². The fourth-order valence-electron chi connectivity index (χ4n) is 3.40. The van der Waals surface area contributed by atoms with Gasteiger partial charge in [0.05, 0.1) is 12.3 Å². The zero-order valence-corrected chi connectivity index (χ0v) is 17.9. The number of carbonyl (C=O) groups excluding carboxylic acids is 1. The zero-order valence-electron chi connectivity index (χ0n) is 17.1. The first kappa shape index (κ1) is 19.9. The predicted octanol–water partition coefficient (Wildman–Crippen LogP) is 6.12. The van der Waals surface area contributed by atoms with E-state index in [9.17, 15) is 4.79 Å². The molecule has 0 aliphatic rings. The number of nitrogens with one attached hydrogen (secondary N) is 2. The molecule has 0 fully saturated rings. The molecule has 1 unspecified atom stereocenters. The summed E-state index contributed by atoms with van der Waals surface area (Å²) in [6.45, 7) is 6.13. The Bertz CT molecular complexity index is 1150. The number of aryl methyl sites for hydroxylation is 2. The molecule has 0 saturated heterocycles. The van der Waals surface area contributed by atoms with Gasteiger partial charge in [-0.3, -0.25) is 4.79 Å².